The molecule has 0 radical (unpaired) electrons. The smallest absolute Gasteiger partial charge is 0.408 e. The predicted octanol–water partition coefficient (Wildman–Crippen LogP) is 3.33. The van der Waals surface area contributed by atoms with Crippen molar-refractivity contribution in [3.8, 4) is 0 Å². The lowest BCUT2D eigenvalue weighted by atomic mass is 9.94. The van der Waals surface area contributed by atoms with Gasteiger partial charge in [-0.05, 0) is 32.8 Å². The summed E-state index contributed by atoms with van der Waals surface area (Å²) in [6, 6.07) is 0. The first-order valence-electron chi connectivity index (χ1n) is 6.87. The lowest BCUT2D eigenvalue weighted by Gasteiger charge is -2.29. The first-order valence-corrected chi connectivity index (χ1v) is 9.21. The van der Waals surface area contributed by atoms with E-state index in [9.17, 15) is 14.2 Å². The van der Waals surface area contributed by atoms with Crippen molar-refractivity contribution >= 4 is 31.0 Å². The van der Waals surface area contributed by atoms with Crippen LogP contribution >= 0.6 is 19.6 Å². The maximum absolute atomic E-state index is 12.4. The molecule has 0 unspecified atom stereocenters. The monoisotopic (exact) mass is 336 g/mol. The minimum Gasteiger partial charge on any atom is -0.408 e. The van der Waals surface area contributed by atoms with Crippen LogP contribution in [0, 0.1) is 5.92 Å². The van der Waals surface area contributed by atoms with Crippen LogP contribution in [0.3, 0.4) is 0 Å². The summed E-state index contributed by atoms with van der Waals surface area (Å²) in [4.78, 5) is 22.5. The van der Waals surface area contributed by atoms with Crippen LogP contribution in [0.4, 0.5) is 0 Å². The van der Waals surface area contributed by atoms with Crippen molar-refractivity contribution in [3.63, 3.8) is 0 Å². The van der Waals surface area contributed by atoms with E-state index >= 15 is 0 Å². The van der Waals surface area contributed by atoms with Crippen molar-refractivity contribution in [2.45, 2.75) is 38.9 Å². The van der Waals surface area contributed by atoms with Gasteiger partial charge in [0.05, 0.1) is 18.5 Å². The SMILES string of the molecule is CCOP(=O)(OCC)OC1=CCC[C@H](C=O)[C@@H]1SC(C)=O. The maximum Gasteiger partial charge on any atom is 0.529 e. The number of carbonyl (C=O) groups is 2. The fourth-order valence-corrected chi connectivity index (χ4v) is 4.31. The summed E-state index contributed by atoms with van der Waals surface area (Å²) in [6.45, 7) is 5.13. The first kappa shape index (κ1) is 18.4. The number of phosphoric ester groups is 1. The van der Waals surface area contributed by atoms with Crippen molar-refractivity contribution in [1.29, 1.82) is 0 Å². The van der Waals surface area contributed by atoms with E-state index in [0.29, 0.717) is 18.6 Å². The Labute approximate surface area is 129 Å². The van der Waals surface area contributed by atoms with Gasteiger partial charge in [0.1, 0.15) is 12.0 Å². The number of allylic oxidation sites excluding steroid dienone is 1. The van der Waals surface area contributed by atoms with Crippen LogP contribution in [0.1, 0.15) is 33.6 Å². The van der Waals surface area contributed by atoms with Crippen LogP contribution in [-0.4, -0.2) is 29.9 Å². The topological polar surface area (TPSA) is 78.9 Å². The van der Waals surface area contributed by atoms with E-state index in [-0.39, 0.29) is 24.2 Å². The van der Waals surface area contributed by atoms with E-state index in [1.54, 1.807) is 19.9 Å². The molecule has 0 N–H and O–H groups in total. The predicted molar refractivity (Wildman–Crippen MR) is 80.9 cm³/mol. The van der Waals surface area contributed by atoms with E-state index < -0.39 is 13.1 Å². The van der Waals surface area contributed by atoms with E-state index in [1.165, 1.54) is 6.92 Å². The fourth-order valence-electron chi connectivity index (χ4n) is 1.98. The van der Waals surface area contributed by atoms with Crippen LogP contribution in [-0.2, 0) is 27.7 Å². The van der Waals surface area contributed by atoms with Crippen LogP contribution in [0.5, 0.6) is 0 Å². The largest absolute Gasteiger partial charge is 0.529 e. The number of hydrogen-bond acceptors (Lipinski definition) is 7. The van der Waals surface area contributed by atoms with Gasteiger partial charge in [-0.1, -0.05) is 11.8 Å². The molecule has 0 heterocycles. The molecule has 0 saturated heterocycles. The normalized spacial score (nSPS) is 22.5. The summed E-state index contributed by atoms with van der Waals surface area (Å²) in [5.74, 6) is -0.0283. The molecule has 8 heteroatoms. The molecule has 0 aromatic carbocycles. The van der Waals surface area contributed by atoms with Gasteiger partial charge < -0.3 is 9.32 Å². The summed E-state index contributed by atoms with van der Waals surface area (Å²) >= 11 is 0.997. The third kappa shape index (κ3) is 5.58. The molecule has 0 bridgehead atoms. The van der Waals surface area contributed by atoms with Crippen molar-refractivity contribution in [2.75, 3.05) is 13.2 Å². The highest BCUT2D eigenvalue weighted by Gasteiger charge is 2.37. The number of rotatable bonds is 8. The molecule has 1 aliphatic rings. The summed E-state index contributed by atoms with van der Waals surface area (Å²) < 4.78 is 28.0. The minimum absolute atomic E-state index is 0.133. The zero-order valence-electron chi connectivity index (χ0n) is 12.4. The second-order valence-corrected chi connectivity index (χ2v) is 7.30. The number of thioether (sulfide) groups is 1. The quantitative estimate of drug-likeness (QED) is 0.497. The van der Waals surface area contributed by atoms with E-state index in [0.717, 1.165) is 18.0 Å². The van der Waals surface area contributed by atoms with Crippen molar-refractivity contribution in [2.24, 2.45) is 5.92 Å². The zero-order valence-corrected chi connectivity index (χ0v) is 14.2. The average molecular weight is 336 g/mol. The third-order valence-electron chi connectivity index (χ3n) is 2.77. The Balaban J connectivity index is 2.95. The average Bonchev–Trinajstić information content (AvgIpc) is 2.40. The Hall–Kier alpha value is -0.620. The molecule has 0 aromatic heterocycles. The standard InChI is InChI=1S/C13H21O6PS/c1-4-17-20(16,18-5-2)19-12-8-6-7-11(9-14)13(12)21-10(3)15/h8-9,11,13H,4-7H2,1-3H3/t11-,13+/m1/s1. The zero-order chi connectivity index (χ0) is 15.9. The maximum atomic E-state index is 12.4. The molecule has 0 aromatic rings. The Bertz CT molecular complexity index is 440. The van der Waals surface area contributed by atoms with Crippen LogP contribution in [0.2, 0.25) is 0 Å². The number of aldehydes is 1. The Kier molecular flexibility index (Phi) is 7.66. The highest BCUT2D eigenvalue weighted by atomic mass is 32.2. The van der Waals surface area contributed by atoms with Gasteiger partial charge in [-0.3, -0.25) is 13.8 Å². The third-order valence-corrected chi connectivity index (χ3v) is 5.53. The Morgan fingerprint density at radius 3 is 2.52 bits per heavy atom. The van der Waals surface area contributed by atoms with Crippen LogP contribution < -0.4 is 0 Å². The highest BCUT2D eigenvalue weighted by molar-refractivity contribution is 8.14. The van der Waals surface area contributed by atoms with Gasteiger partial charge in [-0.2, -0.15) is 0 Å². The summed E-state index contributed by atoms with van der Waals surface area (Å²) in [6.07, 6.45) is 3.80. The van der Waals surface area contributed by atoms with Crippen molar-refractivity contribution in [1.82, 2.24) is 0 Å². The van der Waals surface area contributed by atoms with Gasteiger partial charge in [-0.25, -0.2) is 4.57 Å². The van der Waals surface area contributed by atoms with Crippen molar-refractivity contribution < 1.29 is 27.7 Å². The number of hydrogen-bond donors (Lipinski definition) is 0. The lowest BCUT2D eigenvalue weighted by Crippen LogP contribution is -2.26. The van der Waals surface area contributed by atoms with Crippen molar-refractivity contribution in [3.05, 3.63) is 11.8 Å². The fraction of sp³-hybridized carbons (Fsp3) is 0.692. The molecule has 120 valence electrons. The molecular formula is C13H21O6PS. The molecule has 2 atom stereocenters. The molecule has 0 amide bonds. The number of carbonyl (C=O) groups excluding carboxylic acids is 2. The molecule has 0 saturated carbocycles. The second-order valence-electron chi connectivity index (χ2n) is 4.39. The van der Waals surface area contributed by atoms with Gasteiger partial charge in [0.2, 0.25) is 0 Å². The Morgan fingerprint density at radius 2 is 2.05 bits per heavy atom. The first-order chi connectivity index (χ1) is 9.95. The van der Waals surface area contributed by atoms with Gasteiger partial charge >= 0.3 is 7.82 Å². The molecule has 6 nitrogen and oxygen atoms in total. The van der Waals surface area contributed by atoms with E-state index in [4.69, 9.17) is 13.6 Å². The second kappa shape index (κ2) is 8.73. The molecule has 0 spiro atoms. The van der Waals surface area contributed by atoms with Gasteiger partial charge in [0.15, 0.2) is 5.12 Å². The number of phosphoric acid groups is 1. The summed E-state index contributed by atoms with van der Waals surface area (Å²) in [7, 11) is -3.71. The van der Waals surface area contributed by atoms with Gasteiger partial charge in [0.25, 0.3) is 0 Å². The molecule has 0 fully saturated rings. The molecule has 1 rings (SSSR count). The molecule has 1 aliphatic carbocycles. The molecule has 0 aliphatic heterocycles. The van der Waals surface area contributed by atoms with E-state index in [2.05, 4.69) is 0 Å². The van der Waals surface area contributed by atoms with Crippen LogP contribution in [0.25, 0.3) is 0 Å². The van der Waals surface area contributed by atoms with E-state index in [1.807, 2.05) is 0 Å². The molecule has 21 heavy (non-hydrogen) atoms. The van der Waals surface area contributed by atoms with Gasteiger partial charge in [0, 0.05) is 12.8 Å². The summed E-state index contributed by atoms with van der Waals surface area (Å²) in [5, 5.41) is -0.617. The lowest BCUT2D eigenvalue weighted by molar-refractivity contribution is -0.111. The minimum atomic E-state index is -3.71. The Morgan fingerprint density at radius 1 is 1.43 bits per heavy atom. The highest BCUT2D eigenvalue weighted by Crippen LogP contribution is 2.53. The summed E-state index contributed by atoms with van der Waals surface area (Å²) in [5.41, 5.74) is 0. The van der Waals surface area contributed by atoms with Crippen LogP contribution in [0.15, 0.2) is 11.8 Å². The van der Waals surface area contributed by atoms with Gasteiger partial charge in [-0.15, -0.1) is 0 Å². The molecular weight excluding hydrogens is 315 g/mol.